The average molecular weight is 804 g/mol. The van der Waals surface area contributed by atoms with E-state index in [1.165, 1.54) is 7.11 Å². The van der Waals surface area contributed by atoms with Gasteiger partial charge in [-0.2, -0.15) is 0 Å². The second-order valence-electron chi connectivity index (χ2n) is 18.8. The van der Waals surface area contributed by atoms with Gasteiger partial charge in [0.1, 0.15) is 6.61 Å². The summed E-state index contributed by atoms with van der Waals surface area (Å²) in [5, 5.41) is 35.5. The number of hydrogen-bond acceptors (Lipinski definition) is 11. The molecule has 0 saturated carbocycles. The molecule has 322 valence electrons. The zero-order chi connectivity index (χ0) is 41.5. The van der Waals surface area contributed by atoms with Gasteiger partial charge in [0.2, 0.25) is 5.79 Å². The van der Waals surface area contributed by atoms with Crippen molar-refractivity contribution in [3.63, 3.8) is 0 Å². The Bertz CT molecular complexity index is 1530. The van der Waals surface area contributed by atoms with Gasteiger partial charge >= 0.3 is 12.1 Å². The van der Waals surface area contributed by atoms with Gasteiger partial charge in [0, 0.05) is 44.2 Å². The fourth-order valence-electron chi connectivity index (χ4n) is 10.8. The summed E-state index contributed by atoms with van der Waals surface area (Å²) in [4.78, 5) is 24.5. The van der Waals surface area contributed by atoms with Gasteiger partial charge in [-0.25, -0.2) is 4.79 Å². The summed E-state index contributed by atoms with van der Waals surface area (Å²) in [6, 6.07) is 9.88. The lowest BCUT2D eigenvalue weighted by Gasteiger charge is -2.48. The van der Waals surface area contributed by atoms with E-state index >= 15 is 0 Å². The third-order valence-electron chi connectivity index (χ3n) is 14.3. The molecule has 1 aromatic carbocycles. The molecule has 5 aliphatic heterocycles. The molecule has 1 amide bonds. The number of rotatable bonds is 13. The molecule has 13 heteroatoms. The molecule has 0 aliphatic carbocycles. The van der Waals surface area contributed by atoms with Gasteiger partial charge in [-0.1, -0.05) is 65.0 Å². The van der Waals surface area contributed by atoms with Gasteiger partial charge in [0.25, 0.3) is 0 Å². The van der Waals surface area contributed by atoms with E-state index in [9.17, 15) is 24.9 Å². The third-order valence-corrected chi connectivity index (χ3v) is 14.3. The van der Waals surface area contributed by atoms with Gasteiger partial charge in [0.05, 0.1) is 59.8 Å². The van der Waals surface area contributed by atoms with E-state index in [1.54, 1.807) is 6.92 Å². The lowest BCUT2D eigenvalue weighted by molar-refractivity contribution is -0.336. The molecule has 4 N–H and O–H groups in total. The van der Waals surface area contributed by atoms with Crippen LogP contribution in [0.15, 0.2) is 30.3 Å². The van der Waals surface area contributed by atoms with E-state index in [1.807, 2.05) is 51.1 Å². The zero-order valence-electron chi connectivity index (χ0n) is 35.5. The SMILES string of the molecule is COC(C(C)C(=O)O)C(C)C1OC2(CC[C@@](C)(C3CC[C@@](C)(C4OC(C5O[C@@](O)(COC(=O)NCCc6ccccc6)C(C)CC5C)CC4C)O3)O2)CC(O)C1C. The second kappa shape index (κ2) is 17.3. The Labute approximate surface area is 338 Å². The number of nitrogens with one attached hydrogen (secondary N) is 1. The van der Waals surface area contributed by atoms with Crippen LogP contribution >= 0.6 is 0 Å². The minimum atomic E-state index is -1.65. The molecule has 13 nitrogen and oxygen atoms in total. The normalized spacial score (nSPS) is 43.8. The highest BCUT2D eigenvalue weighted by atomic mass is 16.7. The number of ether oxygens (including phenoxy) is 7. The summed E-state index contributed by atoms with van der Waals surface area (Å²) in [5.41, 5.74) is -0.163. The molecule has 5 saturated heterocycles. The lowest BCUT2D eigenvalue weighted by Crippen LogP contribution is -2.57. The molecule has 17 atom stereocenters. The molecular weight excluding hydrogens is 734 g/mol. The fourth-order valence-corrected chi connectivity index (χ4v) is 10.8. The molecule has 0 bridgehead atoms. The summed E-state index contributed by atoms with van der Waals surface area (Å²) in [5.74, 6) is -4.91. The molecule has 0 radical (unpaired) electrons. The van der Waals surface area contributed by atoms with Crippen LogP contribution < -0.4 is 5.32 Å². The first kappa shape index (κ1) is 44.2. The van der Waals surface area contributed by atoms with Crippen LogP contribution in [-0.2, 0) is 44.4 Å². The Balaban J connectivity index is 1.06. The Morgan fingerprint density at radius 3 is 2.37 bits per heavy atom. The summed E-state index contributed by atoms with van der Waals surface area (Å²) in [7, 11) is 1.52. The zero-order valence-corrected chi connectivity index (χ0v) is 35.5. The van der Waals surface area contributed by atoms with Crippen LogP contribution in [0.5, 0.6) is 0 Å². The topological polar surface area (TPSA) is 171 Å². The molecule has 6 rings (SSSR count). The van der Waals surface area contributed by atoms with Crippen molar-refractivity contribution in [2.24, 2.45) is 35.5 Å². The van der Waals surface area contributed by atoms with Gasteiger partial charge in [-0.05, 0) is 76.7 Å². The summed E-state index contributed by atoms with van der Waals surface area (Å²) in [6.07, 6.45) is 1.71. The lowest BCUT2D eigenvalue weighted by atomic mass is 9.78. The first-order valence-electron chi connectivity index (χ1n) is 21.3. The first-order chi connectivity index (χ1) is 26.8. The predicted molar refractivity (Wildman–Crippen MR) is 210 cm³/mol. The van der Waals surface area contributed by atoms with E-state index in [4.69, 9.17) is 33.2 Å². The third kappa shape index (κ3) is 9.21. The highest BCUT2D eigenvalue weighted by Crippen LogP contribution is 2.54. The number of aliphatic carboxylic acids is 1. The number of amides is 1. The summed E-state index contributed by atoms with van der Waals surface area (Å²) in [6.45, 7) is 16.1. The minimum Gasteiger partial charge on any atom is -0.481 e. The van der Waals surface area contributed by atoms with Crippen LogP contribution in [0.1, 0.15) is 106 Å². The summed E-state index contributed by atoms with van der Waals surface area (Å²) >= 11 is 0. The number of methoxy groups -OCH3 is 1. The molecule has 1 aromatic rings. The molecule has 1 spiro atoms. The Morgan fingerprint density at radius 1 is 0.965 bits per heavy atom. The van der Waals surface area contributed by atoms with Gasteiger partial charge in [0.15, 0.2) is 5.79 Å². The van der Waals surface area contributed by atoms with Crippen molar-refractivity contribution in [3.8, 4) is 0 Å². The minimum absolute atomic E-state index is 0.106. The van der Waals surface area contributed by atoms with Crippen LogP contribution in [0.4, 0.5) is 4.79 Å². The number of alkyl carbamates (subject to hydrolysis) is 1. The van der Waals surface area contributed by atoms with Crippen molar-refractivity contribution in [2.45, 2.75) is 172 Å². The van der Waals surface area contributed by atoms with Crippen LogP contribution in [0.25, 0.3) is 0 Å². The van der Waals surface area contributed by atoms with E-state index in [0.29, 0.717) is 38.6 Å². The highest BCUT2D eigenvalue weighted by Gasteiger charge is 2.61. The molecule has 14 unspecified atom stereocenters. The number of carboxylic acids is 1. The molecule has 57 heavy (non-hydrogen) atoms. The number of carbonyl (C=O) groups excluding carboxylic acids is 1. The van der Waals surface area contributed by atoms with E-state index in [0.717, 1.165) is 24.8 Å². The number of benzene rings is 1. The molecule has 0 aromatic heterocycles. The number of aliphatic hydroxyl groups excluding tert-OH is 1. The van der Waals surface area contributed by atoms with Crippen molar-refractivity contribution in [2.75, 3.05) is 20.3 Å². The molecular formula is C44H69NO12. The smallest absolute Gasteiger partial charge is 0.407 e. The monoisotopic (exact) mass is 803 g/mol. The van der Waals surface area contributed by atoms with E-state index < -0.39 is 65.2 Å². The average Bonchev–Trinajstić information content (AvgIpc) is 3.87. The van der Waals surface area contributed by atoms with Crippen molar-refractivity contribution in [1.82, 2.24) is 5.32 Å². The van der Waals surface area contributed by atoms with Gasteiger partial charge in [-0.15, -0.1) is 0 Å². The highest BCUT2D eigenvalue weighted by molar-refractivity contribution is 5.70. The van der Waals surface area contributed by atoms with Crippen molar-refractivity contribution in [1.29, 1.82) is 0 Å². The Kier molecular flexibility index (Phi) is 13.4. The fraction of sp³-hybridized carbons (Fsp3) is 0.818. The number of aliphatic hydroxyl groups is 2. The maximum atomic E-state index is 12.6. The number of hydrogen-bond donors (Lipinski definition) is 4. The maximum Gasteiger partial charge on any atom is 0.407 e. The second-order valence-corrected chi connectivity index (χ2v) is 18.8. The number of carboxylic acid groups (broad SMARTS) is 1. The first-order valence-corrected chi connectivity index (χ1v) is 21.3. The molecule has 5 heterocycles. The quantitative estimate of drug-likeness (QED) is 0.188. The molecule has 5 fully saturated rings. The van der Waals surface area contributed by atoms with Gasteiger partial charge < -0.3 is 53.8 Å². The van der Waals surface area contributed by atoms with Crippen molar-refractivity contribution < 1.29 is 58.1 Å². The maximum absolute atomic E-state index is 12.6. The van der Waals surface area contributed by atoms with Crippen molar-refractivity contribution in [3.05, 3.63) is 35.9 Å². The van der Waals surface area contributed by atoms with E-state index in [2.05, 4.69) is 33.0 Å². The Hall–Kier alpha value is -2.36. The van der Waals surface area contributed by atoms with Crippen LogP contribution in [0, 0.1) is 35.5 Å². The van der Waals surface area contributed by atoms with Crippen LogP contribution in [-0.4, -0.2) is 113 Å². The van der Waals surface area contributed by atoms with Crippen LogP contribution in [0.3, 0.4) is 0 Å². The summed E-state index contributed by atoms with van der Waals surface area (Å²) < 4.78 is 45.2. The van der Waals surface area contributed by atoms with Crippen molar-refractivity contribution >= 4 is 12.1 Å². The van der Waals surface area contributed by atoms with E-state index in [-0.39, 0.29) is 54.5 Å². The largest absolute Gasteiger partial charge is 0.481 e. The molecule has 5 aliphatic rings. The number of carbonyl (C=O) groups is 2. The standard InChI is InChI=1S/C44H69NO12/c1-25-21-27(3)44(50,24-52-40(49)45-20-16-31-13-11-10-12-14-31)56-35(25)33-22-26(2)38(53-33)42(8)17-15-34(54-42)41(7)18-19-43(57-41)23-32(46)28(4)37(55-43)29(5)36(51-9)30(6)39(47)48/h10-14,25-30,32-38,46,50H,15-24H2,1-9H3,(H,45,49)(H,47,48)/t25?,26?,27?,28?,29?,30?,32?,33?,34?,35?,36?,37?,38?,41-,42-,43?,44-/m0/s1. The Morgan fingerprint density at radius 2 is 1.68 bits per heavy atom. The predicted octanol–water partition coefficient (Wildman–Crippen LogP) is 5.86. The van der Waals surface area contributed by atoms with Gasteiger partial charge in [-0.3, -0.25) is 4.79 Å². The van der Waals surface area contributed by atoms with Crippen LogP contribution in [0.2, 0.25) is 0 Å².